The number of aryl methyl sites for hydroxylation is 1. The van der Waals surface area contributed by atoms with Gasteiger partial charge in [0.2, 0.25) is 0 Å². The third-order valence-corrected chi connectivity index (χ3v) is 3.72. The molecule has 0 spiro atoms. The molecule has 0 bridgehead atoms. The van der Waals surface area contributed by atoms with Crippen LogP contribution in [0.3, 0.4) is 0 Å². The van der Waals surface area contributed by atoms with Crippen LogP contribution in [-0.4, -0.2) is 16.5 Å². The molecule has 0 unspecified atom stereocenters. The normalized spacial score (nSPS) is 16.4. The van der Waals surface area contributed by atoms with Crippen molar-refractivity contribution in [3.05, 3.63) is 17.6 Å². The number of nitrogens with one attached hydrogen (secondary N) is 1. The largest absolute Gasteiger partial charge is 0.370 e. The van der Waals surface area contributed by atoms with Crippen LogP contribution >= 0.6 is 0 Å². The molecule has 0 saturated heterocycles. The van der Waals surface area contributed by atoms with E-state index in [0.29, 0.717) is 5.92 Å². The average Bonchev–Trinajstić information content (AvgIpc) is 2.81. The van der Waals surface area contributed by atoms with Gasteiger partial charge in [-0.1, -0.05) is 39.5 Å². The molecule has 0 aliphatic heterocycles. The molecule has 1 aromatic rings. The maximum atomic E-state index is 4.57. The van der Waals surface area contributed by atoms with E-state index < -0.39 is 0 Å². The van der Waals surface area contributed by atoms with Gasteiger partial charge in [0, 0.05) is 24.2 Å². The highest BCUT2D eigenvalue weighted by Crippen LogP contribution is 2.27. The lowest BCUT2D eigenvalue weighted by Gasteiger charge is -2.12. The maximum absolute atomic E-state index is 4.57. The lowest BCUT2D eigenvalue weighted by atomic mass is 10.0. The smallest absolute Gasteiger partial charge is 0.133 e. The summed E-state index contributed by atoms with van der Waals surface area (Å²) in [5.74, 6) is 3.26. The van der Waals surface area contributed by atoms with Gasteiger partial charge in [-0.05, 0) is 19.3 Å². The van der Waals surface area contributed by atoms with Crippen LogP contribution in [0, 0.1) is 12.8 Å². The highest BCUT2D eigenvalue weighted by atomic mass is 15.0. The number of anilines is 1. The van der Waals surface area contributed by atoms with Crippen LogP contribution in [0.2, 0.25) is 0 Å². The third kappa shape index (κ3) is 3.69. The minimum absolute atomic E-state index is 0.389. The predicted octanol–water partition coefficient (Wildman–Crippen LogP) is 3.90. The molecule has 0 atom stereocenters. The Labute approximate surface area is 110 Å². The Hall–Kier alpha value is -1.12. The summed E-state index contributed by atoms with van der Waals surface area (Å²) in [7, 11) is 0. The summed E-state index contributed by atoms with van der Waals surface area (Å²) in [6, 6.07) is 2.04. The molecule has 1 aromatic heterocycles. The topological polar surface area (TPSA) is 37.8 Å². The molecule has 18 heavy (non-hydrogen) atoms. The molecule has 1 aliphatic rings. The third-order valence-electron chi connectivity index (χ3n) is 3.72. The zero-order valence-corrected chi connectivity index (χ0v) is 11.9. The van der Waals surface area contributed by atoms with Crippen molar-refractivity contribution in [2.24, 2.45) is 5.92 Å². The Bertz CT molecular complexity index is 381. The minimum atomic E-state index is 0.389. The standard InChI is InChI=1S/C15H25N3/c1-11(2)15-17-12(3)10-14(18-15)16-9-8-13-6-4-5-7-13/h10-11,13H,4-9H2,1-3H3,(H,16,17,18). The SMILES string of the molecule is Cc1cc(NCCC2CCCC2)nc(C(C)C)n1. The quantitative estimate of drug-likeness (QED) is 0.857. The van der Waals surface area contributed by atoms with Crippen LogP contribution < -0.4 is 5.32 Å². The number of hydrogen-bond acceptors (Lipinski definition) is 3. The first-order chi connectivity index (χ1) is 8.65. The van der Waals surface area contributed by atoms with Crippen molar-refractivity contribution >= 4 is 5.82 Å². The van der Waals surface area contributed by atoms with Gasteiger partial charge in [-0.25, -0.2) is 9.97 Å². The monoisotopic (exact) mass is 247 g/mol. The van der Waals surface area contributed by atoms with Crippen molar-refractivity contribution in [1.29, 1.82) is 0 Å². The van der Waals surface area contributed by atoms with Crippen LogP contribution in [0.4, 0.5) is 5.82 Å². The Morgan fingerprint density at radius 2 is 2.00 bits per heavy atom. The van der Waals surface area contributed by atoms with Gasteiger partial charge in [0.05, 0.1) is 0 Å². The lowest BCUT2D eigenvalue weighted by molar-refractivity contribution is 0.518. The van der Waals surface area contributed by atoms with E-state index >= 15 is 0 Å². The zero-order chi connectivity index (χ0) is 13.0. The molecule has 100 valence electrons. The van der Waals surface area contributed by atoms with Crippen molar-refractivity contribution in [3.63, 3.8) is 0 Å². The highest BCUT2D eigenvalue weighted by molar-refractivity contribution is 5.36. The lowest BCUT2D eigenvalue weighted by Crippen LogP contribution is -2.10. The first kappa shape index (κ1) is 13.3. The van der Waals surface area contributed by atoms with E-state index in [1.807, 2.05) is 13.0 Å². The van der Waals surface area contributed by atoms with Gasteiger partial charge in [-0.2, -0.15) is 0 Å². The van der Waals surface area contributed by atoms with Crippen LogP contribution in [0.25, 0.3) is 0 Å². The van der Waals surface area contributed by atoms with Gasteiger partial charge in [-0.15, -0.1) is 0 Å². The molecule has 1 fully saturated rings. The summed E-state index contributed by atoms with van der Waals surface area (Å²) in [5.41, 5.74) is 1.05. The second-order valence-electron chi connectivity index (χ2n) is 5.77. The van der Waals surface area contributed by atoms with Crippen LogP contribution in [0.5, 0.6) is 0 Å². The molecule has 1 heterocycles. The average molecular weight is 247 g/mol. The second kappa shape index (κ2) is 6.17. The molecule has 3 nitrogen and oxygen atoms in total. The predicted molar refractivity (Wildman–Crippen MR) is 75.9 cm³/mol. The Morgan fingerprint density at radius 1 is 1.28 bits per heavy atom. The van der Waals surface area contributed by atoms with Gasteiger partial charge in [0.1, 0.15) is 11.6 Å². The Balaban J connectivity index is 1.88. The van der Waals surface area contributed by atoms with Crippen LogP contribution in [0.15, 0.2) is 6.07 Å². The van der Waals surface area contributed by atoms with Crippen molar-refractivity contribution in [3.8, 4) is 0 Å². The van der Waals surface area contributed by atoms with Crippen molar-refractivity contribution in [1.82, 2.24) is 9.97 Å². The number of nitrogens with zero attached hydrogens (tertiary/aromatic N) is 2. The fraction of sp³-hybridized carbons (Fsp3) is 0.733. The van der Waals surface area contributed by atoms with E-state index in [-0.39, 0.29) is 0 Å². The van der Waals surface area contributed by atoms with Gasteiger partial charge < -0.3 is 5.32 Å². The summed E-state index contributed by atoms with van der Waals surface area (Å²) in [5, 5.41) is 3.46. The van der Waals surface area contributed by atoms with Crippen molar-refractivity contribution in [2.45, 2.75) is 58.8 Å². The molecule has 0 amide bonds. The van der Waals surface area contributed by atoms with E-state index in [9.17, 15) is 0 Å². The number of hydrogen-bond donors (Lipinski definition) is 1. The zero-order valence-electron chi connectivity index (χ0n) is 11.9. The molecule has 1 aliphatic carbocycles. The maximum Gasteiger partial charge on any atom is 0.133 e. The molecule has 2 rings (SSSR count). The van der Waals surface area contributed by atoms with Crippen LogP contribution in [0.1, 0.15) is 63.4 Å². The number of aromatic nitrogens is 2. The van der Waals surface area contributed by atoms with Gasteiger partial charge in [-0.3, -0.25) is 0 Å². The van der Waals surface area contributed by atoms with E-state index in [4.69, 9.17) is 0 Å². The van der Waals surface area contributed by atoms with Crippen LogP contribution in [-0.2, 0) is 0 Å². The fourth-order valence-corrected chi connectivity index (χ4v) is 2.64. The van der Waals surface area contributed by atoms with Crippen molar-refractivity contribution < 1.29 is 0 Å². The molecule has 1 saturated carbocycles. The first-order valence-corrected chi connectivity index (χ1v) is 7.24. The molecule has 0 radical (unpaired) electrons. The summed E-state index contributed by atoms with van der Waals surface area (Å²) < 4.78 is 0. The second-order valence-corrected chi connectivity index (χ2v) is 5.77. The number of rotatable bonds is 5. The summed E-state index contributed by atoms with van der Waals surface area (Å²) in [4.78, 5) is 9.04. The van der Waals surface area contributed by atoms with E-state index in [1.54, 1.807) is 0 Å². The van der Waals surface area contributed by atoms with E-state index in [2.05, 4.69) is 29.1 Å². The summed E-state index contributed by atoms with van der Waals surface area (Å²) in [6.45, 7) is 7.35. The Morgan fingerprint density at radius 3 is 2.67 bits per heavy atom. The van der Waals surface area contributed by atoms with Gasteiger partial charge in [0.15, 0.2) is 0 Å². The molecule has 3 heteroatoms. The van der Waals surface area contributed by atoms with E-state index in [1.165, 1.54) is 32.1 Å². The molecule has 0 aromatic carbocycles. The first-order valence-electron chi connectivity index (χ1n) is 7.24. The Kier molecular flexibility index (Phi) is 4.56. The highest BCUT2D eigenvalue weighted by Gasteiger charge is 2.14. The van der Waals surface area contributed by atoms with Gasteiger partial charge in [0.25, 0.3) is 0 Å². The van der Waals surface area contributed by atoms with Crippen molar-refractivity contribution in [2.75, 3.05) is 11.9 Å². The fourth-order valence-electron chi connectivity index (χ4n) is 2.64. The molecular formula is C15H25N3. The van der Waals surface area contributed by atoms with E-state index in [0.717, 1.165) is 29.8 Å². The minimum Gasteiger partial charge on any atom is -0.370 e. The summed E-state index contributed by atoms with van der Waals surface area (Å²) in [6.07, 6.45) is 6.97. The molecular weight excluding hydrogens is 222 g/mol. The summed E-state index contributed by atoms with van der Waals surface area (Å²) >= 11 is 0. The van der Waals surface area contributed by atoms with Gasteiger partial charge >= 0.3 is 0 Å². The molecule has 1 N–H and O–H groups in total.